The molecule has 72 heavy (non-hydrogen) atoms. The van der Waals surface area contributed by atoms with E-state index in [4.69, 9.17) is 18.9 Å². The Morgan fingerprint density at radius 1 is 0.500 bits per heavy atom. The van der Waals surface area contributed by atoms with Gasteiger partial charge in [-0.05, 0) is 57.8 Å². The number of unbranched alkanes of at least 4 members (excludes halogenated alkanes) is 26. The van der Waals surface area contributed by atoms with Gasteiger partial charge in [-0.3, -0.25) is 4.79 Å². The van der Waals surface area contributed by atoms with Crippen LogP contribution in [0, 0.1) is 0 Å². The van der Waals surface area contributed by atoms with Crippen molar-refractivity contribution >= 4 is 5.91 Å². The molecule has 2 rings (SSSR count). The molecule has 0 aromatic heterocycles. The molecule has 2 saturated heterocycles. The number of nitrogens with one attached hydrogen (secondary N) is 1. The molecule has 14 nitrogen and oxygen atoms in total. The van der Waals surface area contributed by atoms with Crippen LogP contribution in [0.5, 0.6) is 0 Å². The monoisotopic (exact) mass is 1020 g/mol. The average molecular weight is 1020 g/mol. The molecule has 0 aliphatic carbocycles. The fourth-order valence-electron chi connectivity index (χ4n) is 9.26. The molecular formula is C58H105NO13. The minimum Gasteiger partial charge on any atom is -0.394 e. The SMILES string of the molecule is CCCC/C=C\C/C=C\CCCCCCCC(=O)NC(COC1OC(CO)C(OC2OC(CO)C(O)C(O)C2O)C(O)C1O)C(O)/C=C/CC/C=C/CCCCCCCCCCCCCCCCCCCC. The number of allylic oxidation sites excluding steroid dienone is 7. The van der Waals surface area contributed by atoms with E-state index in [2.05, 4.69) is 55.6 Å². The summed E-state index contributed by atoms with van der Waals surface area (Å²) in [4.78, 5) is 13.2. The molecule has 0 aromatic rings. The highest BCUT2D eigenvalue weighted by atomic mass is 16.7. The molecule has 0 spiro atoms. The first-order valence-corrected chi connectivity index (χ1v) is 28.9. The summed E-state index contributed by atoms with van der Waals surface area (Å²) in [6.07, 6.45) is 37.3. The molecule has 2 aliphatic heterocycles. The molecule has 14 heteroatoms. The number of ether oxygens (including phenoxy) is 4. The number of amides is 1. The van der Waals surface area contributed by atoms with Gasteiger partial charge in [0.05, 0.1) is 32.0 Å². The Morgan fingerprint density at radius 3 is 1.49 bits per heavy atom. The zero-order valence-corrected chi connectivity index (χ0v) is 44.9. The fourth-order valence-corrected chi connectivity index (χ4v) is 9.26. The van der Waals surface area contributed by atoms with Crippen molar-refractivity contribution in [1.82, 2.24) is 5.32 Å². The molecule has 0 saturated carbocycles. The first-order chi connectivity index (χ1) is 35.1. The number of rotatable bonds is 45. The Kier molecular flexibility index (Phi) is 40.5. The van der Waals surface area contributed by atoms with Gasteiger partial charge in [0.2, 0.25) is 5.91 Å². The summed E-state index contributed by atoms with van der Waals surface area (Å²) < 4.78 is 22.7. The summed E-state index contributed by atoms with van der Waals surface area (Å²) in [6, 6.07) is -0.939. The molecule has 420 valence electrons. The highest BCUT2D eigenvalue weighted by molar-refractivity contribution is 5.76. The van der Waals surface area contributed by atoms with Gasteiger partial charge >= 0.3 is 0 Å². The molecule has 12 atom stereocenters. The lowest BCUT2D eigenvalue weighted by Gasteiger charge is -2.46. The predicted octanol–water partition coefficient (Wildman–Crippen LogP) is 9.22. The third-order valence-electron chi connectivity index (χ3n) is 14.0. The van der Waals surface area contributed by atoms with Gasteiger partial charge in [-0.15, -0.1) is 0 Å². The molecule has 0 radical (unpaired) electrons. The Hall–Kier alpha value is -2.05. The lowest BCUT2D eigenvalue weighted by atomic mass is 9.97. The molecule has 9 N–H and O–H groups in total. The highest BCUT2D eigenvalue weighted by Gasteiger charge is 2.51. The maximum atomic E-state index is 13.2. The van der Waals surface area contributed by atoms with E-state index in [-0.39, 0.29) is 18.9 Å². The predicted molar refractivity (Wildman–Crippen MR) is 286 cm³/mol. The van der Waals surface area contributed by atoms with Crippen LogP contribution in [0.15, 0.2) is 48.6 Å². The number of aliphatic hydroxyl groups excluding tert-OH is 8. The van der Waals surface area contributed by atoms with E-state index in [1.807, 2.05) is 6.08 Å². The summed E-state index contributed by atoms with van der Waals surface area (Å²) in [5, 5.41) is 86.9. The van der Waals surface area contributed by atoms with E-state index in [0.717, 1.165) is 57.8 Å². The van der Waals surface area contributed by atoms with Crippen LogP contribution in [0.3, 0.4) is 0 Å². The van der Waals surface area contributed by atoms with E-state index < -0.39 is 86.8 Å². The largest absolute Gasteiger partial charge is 0.394 e. The molecular weight excluding hydrogens is 919 g/mol. The lowest BCUT2D eigenvalue weighted by molar-refractivity contribution is -0.359. The molecule has 2 fully saturated rings. The van der Waals surface area contributed by atoms with Crippen molar-refractivity contribution in [2.75, 3.05) is 19.8 Å². The summed E-state index contributed by atoms with van der Waals surface area (Å²) in [7, 11) is 0. The summed E-state index contributed by atoms with van der Waals surface area (Å²) in [5.74, 6) is -0.264. The number of hydrogen-bond acceptors (Lipinski definition) is 13. The van der Waals surface area contributed by atoms with Crippen molar-refractivity contribution in [2.24, 2.45) is 0 Å². The molecule has 1 amide bonds. The smallest absolute Gasteiger partial charge is 0.220 e. The van der Waals surface area contributed by atoms with Gasteiger partial charge in [0.1, 0.15) is 48.8 Å². The maximum Gasteiger partial charge on any atom is 0.220 e. The Balaban J connectivity index is 1.79. The van der Waals surface area contributed by atoms with Crippen LogP contribution in [0.1, 0.15) is 219 Å². The van der Waals surface area contributed by atoms with Gasteiger partial charge in [0, 0.05) is 6.42 Å². The van der Waals surface area contributed by atoms with Crippen molar-refractivity contribution in [2.45, 2.75) is 293 Å². The highest BCUT2D eigenvalue weighted by Crippen LogP contribution is 2.30. The lowest BCUT2D eigenvalue weighted by Crippen LogP contribution is -2.65. The van der Waals surface area contributed by atoms with Crippen molar-refractivity contribution in [1.29, 1.82) is 0 Å². The van der Waals surface area contributed by atoms with Gasteiger partial charge in [0.25, 0.3) is 0 Å². The standard InChI is InChI=1S/C58H105NO13/c1-3-5-7-9-11-13-15-17-19-20-21-22-23-24-25-26-27-28-29-31-33-35-37-39-41-47(62)46(59-50(63)42-40-38-36-34-32-30-18-16-14-12-10-8-6-4-2)45-69-57-55(68)53(66)56(49(44-61)71-57)72-58-54(67)52(65)51(64)48(43-60)70-58/h10,12,16,18,31,33,39,41,46-49,51-58,60-62,64-68H,3-9,11,13-15,17,19-30,32,34-38,40,42-45H2,1-2H3,(H,59,63)/b12-10-,18-16-,33-31+,41-39+. The zero-order chi connectivity index (χ0) is 52.4. The van der Waals surface area contributed by atoms with Crippen LogP contribution in [-0.4, -0.2) is 140 Å². The number of carbonyl (C=O) groups excluding carboxylic acids is 1. The molecule has 12 unspecified atom stereocenters. The fraction of sp³-hybridized carbons (Fsp3) is 0.845. The van der Waals surface area contributed by atoms with Crippen LogP contribution in [0.2, 0.25) is 0 Å². The summed E-state index contributed by atoms with van der Waals surface area (Å²) in [5.41, 5.74) is 0. The third kappa shape index (κ3) is 29.9. The van der Waals surface area contributed by atoms with Gasteiger partial charge in [-0.2, -0.15) is 0 Å². The number of hydrogen-bond donors (Lipinski definition) is 9. The third-order valence-corrected chi connectivity index (χ3v) is 14.0. The molecule has 0 bridgehead atoms. The summed E-state index contributed by atoms with van der Waals surface area (Å²) in [6.45, 7) is 2.73. The normalized spacial score (nSPS) is 25.9. The Labute approximate surface area is 435 Å². The van der Waals surface area contributed by atoms with Gasteiger partial charge < -0.3 is 65.1 Å². The van der Waals surface area contributed by atoms with Crippen molar-refractivity contribution < 1.29 is 64.6 Å². The Bertz CT molecular complexity index is 1390. The van der Waals surface area contributed by atoms with E-state index in [0.29, 0.717) is 12.8 Å². The Morgan fingerprint density at radius 2 is 0.944 bits per heavy atom. The zero-order valence-electron chi connectivity index (χ0n) is 44.9. The average Bonchev–Trinajstić information content (AvgIpc) is 3.38. The van der Waals surface area contributed by atoms with Crippen LogP contribution < -0.4 is 5.32 Å². The van der Waals surface area contributed by atoms with Gasteiger partial charge in [-0.1, -0.05) is 204 Å². The number of aliphatic hydroxyl groups is 8. The van der Waals surface area contributed by atoms with Crippen molar-refractivity contribution in [3.05, 3.63) is 48.6 Å². The second-order valence-electron chi connectivity index (χ2n) is 20.4. The minimum absolute atomic E-state index is 0.256. The first kappa shape index (κ1) is 66.1. The maximum absolute atomic E-state index is 13.2. The van der Waals surface area contributed by atoms with E-state index in [1.165, 1.54) is 128 Å². The number of carbonyl (C=O) groups is 1. The van der Waals surface area contributed by atoms with Gasteiger partial charge in [0.15, 0.2) is 12.6 Å². The topological polar surface area (TPSA) is 228 Å². The first-order valence-electron chi connectivity index (χ1n) is 28.9. The van der Waals surface area contributed by atoms with Crippen LogP contribution in [0.4, 0.5) is 0 Å². The molecule has 0 aromatic carbocycles. The van der Waals surface area contributed by atoms with E-state index in [9.17, 15) is 45.6 Å². The van der Waals surface area contributed by atoms with Crippen LogP contribution in [0.25, 0.3) is 0 Å². The second-order valence-corrected chi connectivity index (χ2v) is 20.4. The minimum atomic E-state index is -1.79. The van der Waals surface area contributed by atoms with Crippen molar-refractivity contribution in [3.8, 4) is 0 Å². The second kappa shape index (κ2) is 44.1. The molecule has 2 aliphatic rings. The van der Waals surface area contributed by atoms with Crippen LogP contribution in [-0.2, 0) is 23.7 Å². The molecule has 2 heterocycles. The van der Waals surface area contributed by atoms with Crippen LogP contribution >= 0.6 is 0 Å². The summed E-state index contributed by atoms with van der Waals surface area (Å²) >= 11 is 0. The van der Waals surface area contributed by atoms with E-state index in [1.54, 1.807) is 6.08 Å². The van der Waals surface area contributed by atoms with Gasteiger partial charge in [-0.25, -0.2) is 0 Å². The van der Waals surface area contributed by atoms with Crippen molar-refractivity contribution in [3.63, 3.8) is 0 Å². The quantitative estimate of drug-likeness (QED) is 0.0205. The van der Waals surface area contributed by atoms with E-state index >= 15 is 0 Å².